The summed E-state index contributed by atoms with van der Waals surface area (Å²) in [5.74, 6) is 0. The maximum atomic E-state index is 12.2. The summed E-state index contributed by atoms with van der Waals surface area (Å²) < 4.78 is 19.7. The zero-order valence-electron chi connectivity index (χ0n) is 44.1. The zero-order valence-corrected chi connectivity index (χ0v) is 44.1. The van der Waals surface area contributed by atoms with Gasteiger partial charge in [-0.3, -0.25) is 14.7 Å². The Bertz CT molecular complexity index is 1390. The Hall–Kier alpha value is -3.60. The smallest absolute Gasteiger partial charge is 0.407 e. The Balaban J connectivity index is 5.86. The number of carbonyl (C=O) groups excluding carboxylic acids is 4. The molecular weight excluding hydrogens is 979 g/mol. The summed E-state index contributed by atoms with van der Waals surface area (Å²) in [5, 5.41) is 94.6. The fraction of sp³-hybridized carbons (Fsp3) is 0.911. The standard InChI is InChI=1S/C45H97N13O16/c1-3-45(47,4-2)5-17-55(23-15-53-43(69)73-35-39(65)31-61)19-13-50-14-21-57(20-11-48-7-9-51-41(67)71-33-37(63)29-59)26-28-58(22-12-49-8-10-52-42(68)72-34-38(64)30-60)27-25-56(18-6-46)24-16-54-44(70)74-36-40(66)32-62/h37-40,48-50,59-66H,3-36,46-47H2,1-2H3,(H,51,67)(H,52,68)(H,53,69)(H,54,70). The van der Waals surface area contributed by atoms with E-state index in [1.165, 1.54) is 0 Å². The van der Waals surface area contributed by atoms with Gasteiger partial charge in [0.2, 0.25) is 0 Å². The SMILES string of the molecule is CCC(N)(CC)CCN(CCNCCN(CCNCCNC(=O)OCC(O)CO)CCN(CCNCCNC(=O)OCC(O)CO)CCN(CCN)CCNC(=O)OCC(O)CO)CCNC(=O)OCC(O)CO. The average Bonchev–Trinajstić information content (AvgIpc) is 3.40. The average molecular weight is 1080 g/mol. The molecule has 0 radical (unpaired) electrons. The first-order valence-corrected chi connectivity index (χ1v) is 25.9. The molecule has 0 fully saturated rings. The molecule has 0 aliphatic heterocycles. The number of amides is 4. The monoisotopic (exact) mass is 1080 g/mol. The number of aliphatic hydroxyl groups is 8. The summed E-state index contributed by atoms with van der Waals surface area (Å²) in [7, 11) is 0. The number of nitrogens with zero attached hydrogens (tertiary/aromatic N) is 4. The number of nitrogens with one attached hydrogen (secondary N) is 7. The Kier molecular flexibility index (Phi) is 44.4. The van der Waals surface area contributed by atoms with Crippen LogP contribution in [0.3, 0.4) is 0 Å². The van der Waals surface area contributed by atoms with Gasteiger partial charge >= 0.3 is 24.4 Å². The van der Waals surface area contributed by atoms with Gasteiger partial charge in [0.25, 0.3) is 0 Å². The summed E-state index contributed by atoms with van der Waals surface area (Å²) >= 11 is 0. The van der Waals surface area contributed by atoms with Crippen LogP contribution < -0.4 is 48.7 Å². The van der Waals surface area contributed by atoms with Crippen LogP contribution in [0.5, 0.6) is 0 Å². The molecule has 0 aromatic heterocycles. The highest BCUT2D eigenvalue weighted by atomic mass is 16.6. The van der Waals surface area contributed by atoms with Gasteiger partial charge in [-0.2, -0.15) is 0 Å². The van der Waals surface area contributed by atoms with Crippen molar-refractivity contribution in [3.05, 3.63) is 0 Å². The van der Waals surface area contributed by atoms with Crippen molar-refractivity contribution in [3.8, 4) is 0 Å². The first-order valence-electron chi connectivity index (χ1n) is 25.9. The van der Waals surface area contributed by atoms with Gasteiger partial charge in [-0.05, 0) is 19.3 Å². The lowest BCUT2D eigenvalue weighted by Gasteiger charge is -2.31. The highest BCUT2D eigenvalue weighted by molar-refractivity contribution is 5.68. The van der Waals surface area contributed by atoms with Crippen molar-refractivity contribution >= 4 is 24.4 Å². The summed E-state index contributed by atoms with van der Waals surface area (Å²) in [6.45, 7) is 13.1. The lowest BCUT2D eigenvalue weighted by molar-refractivity contribution is 0.0319. The van der Waals surface area contributed by atoms with Gasteiger partial charge in [0.1, 0.15) is 50.8 Å². The summed E-state index contributed by atoms with van der Waals surface area (Å²) in [5.41, 5.74) is 12.3. The summed E-state index contributed by atoms with van der Waals surface area (Å²) in [4.78, 5) is 57.2. The molecule has 438 valence electrons. The van der Waals surface area contributed by atoms with E-state index in [4.69, 9.17) is 50.8 Å². The largest absolute Gasteiger partial charge is 0.447 e. The van der Waals surface area contributed by atoms with Gasteiger partial charge in [-0.1, -0.05) is 13.8 Å². The second-order valence-electron chi connectivity index (χ2n) is 17.7. The second-order valence-corrected chi connectivity index (χ2v) is 17.7. The van der Waals surface area contributed by atoms with Gasteiger partial charge < -0.3 is 113 Å². The molecule has 29 heteroatoms. The molecule has 0 aliphatic carbocycles. The minimum absolute atomic E-state index is 0.258. The number of ether oxygens (including phenoxy) is 4. The third-order valence-electron chi connectivity index (χ3n) is 11.7. The number of hydrogen-bond donors (Lipinski definition) is 17. The predicted octanol–water partition coefficient (Wildman–Crippen LogP) is -6.85. The van der Waals surface area contributed by atoms with Crippen molar-refractivity contribution in [1.29, 1.82) is 0 Å². The number of carbonyl (C=O) groups is 4. The van der Waals surface area contributed by atoms with Crippen LogP contribution in [0.2, 0.25) is 0 Å². The fourth-order valence-electron chi connectivity index (χ4n) is 6.64. The van der Waals surface area contributed by atoms with E-state index in [-0.39, 0.29) is 51.6 Å². The molecule has 0 bridgehead atoms. The van der Waals surface area contributed by atoms with Gasteiger partial charge in [-0.25, -0.2) is 19.2 Å². The molecule has 29 nitrogen and oxygen atoms in total. The summed E-state index contributed by atoms with van der Waals surface area (Å²) in [6.07, 6.45) is -5.06. The molecule has 0 spiro atoms. The fourth-order valence-corrected chi connectivity index (χ4v) is 6.64. The quantitative estimate of drug-likeness (QED) is 0.0199. The Morgan fingerprint density at radius 3 is 1.00 bits per heavy atom. The van der Waals surface area contributed by atoms with Crippen LogP contribution in [-0.4, -0.2) is 318 Å². The molecule has 0 aromatic carbocycles. The van der Waals surface area contributed by atoms with E-state index in [0.717, 1.165) is 19.3 Å². The minimum Gasteiger partial charge on any atom is -0.447 e. The van der Waals surface area contributed by atoms with E-state index in [1.54, 1.807) is 0 Å². The minimum atomic E-state index is -1.17. The first-order chi connectivity index (χ1) is 35.6. The molecule has 0 heterocycles. The second kappa shape index (κ2) is 46.7. The van der Waals surface area contributed by atoms with Crippen molar-refractivity contribution in [2.75, 3.05) is 203 Å². The highest BCUT2D eigenvalue weighted by Crippen LogP contribution is 2.16. The lowest BCUT2D eigenvalue weighted by atomic mass is 9.90. The molecule has 74 heavy (non-hydrogen) atoms. The van der Waals surface area contributed by atoms with E-state index >= 15 is 0 Å². The Morgan fingerprint density at radius 2 is 0.689 bits per heavy atom. The van der Waals surface area contributed by atoms with Crippen LogP contribution in [0.25, 0.3) is 0 Å². The van der Waals surface area contributed by atoms with E-state index in [2.05, 4.69) is 70.7 Å². The van der Waals surface area contributed by atoms with Crippen molar-refractivity contribution < 1.29 is 79.0 Å². The number of nitrogens with two attached hydrogens (primary N) is 2. The molecule has 0 saturated carbocycles. The molecule has 4 amide bonds. The van der Waals surface area contributed by atoms with Crippen molar-refractivity contribution in [1.82, 2.24) is 56.8 Å². The van der Waals surface area contributed by atoms with Crippen LogP contribution >= 0.6 is 0 Å². The van der Waals surface area contributed by atoms with Crippen LogP contribution in [0.1, 0.15) is 33.1 Å². The van der Waals surface area contributed by atoms with Crippen molar-refractivity contribution in [3.63, 3.8) is 0 Å². The van der Waals surface area contributed by atoms with E-state index in [0.29, 0.717) is 131 Å². The predicted molar refractivity (Wildman–Crippen MR) is 275 cm³/mol. The zero-order chi connectivity index (χ0) is 55.2. The number of aliphatic hydroxyl groups excluding tert-OH is 8. The molecule has 0 rings (SSSR count). The first kappa shape index (κ1) is 70.4. The van der Waals surface area contributed by atoms with Crippen LogP contribution in [-0.2, 0) is 18.9 Å². The lowest BCUT2D eigenvalue weighted by Crippen LogP contribution is -2.47. The Morgan fingerprint density at radius 1 is 0.419 bits per heavy atom. The van der Waals surface area contributed by atoms with Crippen molar-refractivity contribution in [2.24, 2.45) is 11.5 Å². The third-order valence-corrected chi connectivity index (χ3v) is 11.7. The molecule has 19 N–H and O–H groups in total. The topological polar surface area (TPSA) is 416 Å². The molecular formula is C45H97N13O16. The third kappa shape index (κ3) is 40.7. The van der Waals surface area contributed by atoms with Crippen LogP contribution in [0.15, 0.2) is 0 Å². The number of hydrogen-bond acceptors (Lipinski definition) is 25. The normalized spacial score (nSPS) is 13.5. The molecule has 4 atom stereocenters. The van der Waals surface area contributed by atoms with Crippen LogP contribution in [0.4, 0.5) is 19.2 Å². The molecule has 0 saturated heterocycles. The van der Waals surface area contributed by atoms with Gasteiger partial charge in [0.05, 0.1) is 26.4 Å². The number of rotatable bonds is 49. The molecule has 4 unspecified atom stereocenters. The maximum Gasteiger partial charge on any atom is 0.407 e. The van der Waals surface area contributed by atoms with E-state index < -0.39 is 75.2 Å². The molecule has 0 aromatic rings. The van der Waals surface area contributed by atoms with Gasteiger partial charge in [0, 0.05) is 156 Å². The van der Waals surface area contributed by atoms with Crippen LogP contribution in [0, 0.1) is 0 Å². The highest BCUT2D eigenvalue weighted by Gasteiger charge is 2.22. The number of alkyl carbamates (subject to hydrolysis) is 4. The van der Waals surface area contributed by atoms with E-state index in [9.17, 15) is 39.6 Å². The van der Waals surface area contributed by atoms with Gasteiger partial charge in [-0.15, -0.1) is 0 Å². The summed E-state index contributed by atoms with van der Waals surface area (Å²) in [6, 6.07) is 0. The maximum absolute atomic E-state index is 12.2. The van der Waals surface area contributed by atoms with Gasteiger partial charge in [0.15, 0.2) is 0 Å². The van der Waals surface area contributed by atoms with Crippen molar-refractivity contribution in [2.45, 2.75) is 63.1 Å². The van der Waals surface area contributed by atoms with E-state index in [1.807, 2.05) is 0 Å². The Labute approximate surface area is 437 Å². The molecule has 0 aliphatic rings.